The first-order valence-electron chi connectivity index (χ1n) is 24.1. The number of rotatable bonds is 10. The summed E-state index contributed by atoms with van der Waals surface area (Å²) in [5.41, 5.74) is 9.28. The Morgan fingerprint density at radius 1 is 1.09 bits per heavy atom. The summed E-state index contributed by atoms with van der Waals surface area (Å²) in [4.78, 5) is 85.1. The SMILES string of the molecule is CCn1c(-c2cccnc2[C@H](C)OC)c2c3cc(ccc31)-c1csc(n1)C[C@H](NC(=O)[C@H](C(C)C)N(C)C(=O)N(C)[C@H]1CCCN(C(=O)[C@H]3CN3)C1)C(=O)N1CCC[C@H](N1)C(=O)OCC(C)(C)C2. The van der Waals surface area contributed by atoms with Gasteiger partial charge in [0.15, 0.2) is 0 Å². The van der Waals surface area contributed by atoms with Crippen LogP contribution in [-0.2, 0) is 48.0 Å². The number of nitrogens with one attached hydrogen (secondary N) is 3. The predicted molar refractivity (Wildman–Crippen MR) is 260 cm³/mol. The summed E-state index contributed by atoms with van der Waals surface area (Å²) in [6.45, 7) is 15.0. The lowest BCUT2D eigenvalue weighted by atomic mass is 9.84. The van der Waals surface area contributed by atoms with E-state index in [0.29, 0.717) is 57.0 Å². The molecule has 17 nitrogen and oxygen atoms in total. The van der Waals surface area contributed by atoms with Gasteiger partial charge < -0.3 is 39.4 Å². The number of hydrogen-bond acceptors (Lipinski definition) is 12. The molecule has 0 radical (unpaired) electrons. The molecule has 3 fully saturated rings. The van der Waals surface area contributed by atoms with Gasteiger partial charge in [0.25, 0.3) is 5.91 Å². The van der Waals surface area contributed by atoms with Crippen molar-refractivity contribution >= 4 is 52.0 Å². The maximum absolute atomic E-state index is 14.7. The molecule has 8 rings (SSSR count). The van der Waals surface area contributed by atoms with Gasteiger partial charge in [-0.15, -0.1) is 11.3 Å². The molecule has 4 aliphatic heterocycles. The van der Waals surface area contributed by atoms with E-state index in [-0.39, 0.29) is 49.1 Å². The summed E-state index contributed by atoms with van der Waals surface area (Å²) in [5, 5.41) is 11.2. The number of urea groups is 1. The quantitative estimate of drug-likeness (QED) is 0.140. The number of methoxy groups -OCH3 is 1. The van der Waals surface area contributed by atoms with Crippen molar-refractivity contribution in [2.24, 2.45) is 11.3 Å². The van der Waals surface area contributed by atoms with E-state index in [4.69, 9.17) is 19.4 Å². The first-order valence-corrected chi connectivity index (χ1v) is 25.0. The number of carbonyl (C=O) groups is 5. The minimum Gasteiger partial charge on any atom is -0.464 e. The second kappa shape index (κ2) is 20.3. The van der Waals surface area contributed by atoms with Crippen molar-refractivity contribution in [3.63, 3.8) is 0 Å². The van der Waals surface area contributed by atoms with Gasteiger partial charge in [-0.2, -0.15) is 0 Å². The van der Waals surface area contributed by atoms with Gasteiger partial charge in [-0.1, -0.05) is 33.8 Å². The molecule has 0 unspecified atom stereocenters. The number of thiazole rings is 1. The number of hydrogen-bond donors (Lipinski definition) is 3. The minimum absolute atomic E-state index is 0.0555. The zero-order chi connectivity index (χ0) is 48.6. The van der Waals surface area contributed by atoms with Gasteiger partial charge in [-0.25, -0.2) is 15.2 Å². The van der Waals surface area contributed by atoms with Gasteiger partial charge in [0.05, 0.1) is 46.9 Å². The molecule has 7 heterocycles. The van der Waals surface area contributed by atoms with Crippen LogP contribution in [0.4, 0.5) is 4.79 Å². The Kier molecular flexibility index (Phi) is 14.6. The summed E-state index contributed by atoms with van der Waals surface area (Å²) in [6, 6.07) is 6.90. The van der Waals surface area contributed by atoms with Crippen LogP contribution in [0.25, 0.3) is 33.4 Å². The molecule has 68 heavy (non-hydrogen) atoms. The van der Waals surface area contributed by atoms with Crippen LogP contribution in [0.5, 0.6) is 0 Å². The van der Waals surface area contributed by atoms with E-state index in [1.807, 2.05) is 37.1 Å². The summed E-state index contributed by atoms with van der Waals surface area (Å²) >= 11 is 1.41. The smallest absolute Gasteiger partial charge is 0.324 e. The average Bonchev–Trinajstić information content (AvgIpc) is 4.02. The van der Waals surface area contributed by atoms with E-state index in [9.17, 15) is 24.0 Å². The molecule has 18 heteroatoms. The third kappa shape index (κ3) is 10.1. The highest BCUT2D eigenvalue weighted by Crippen LogP contribution is 2.42. The number of nitrogens with zero attached hydrogens (tertiary/aromatic N) is 7. The molecule has 1 aromatic carbocycles. The molecule has 6 atom stereocenters. The van der Waals surface area contributed by atoms with Crippen molar-refractivity contribution in [3.05, 3.63) is 58.2 Å². The Morgan fingerprint density at radius 2 is 1.85 bits per heavy atom. The lowest BCUT2D eigenvalue weighted by Crippen LogP contribution is -2.63. The highest BCUT2D eigenvalue weighted by molar-refractivity contribution is 7.10. The van der Waals surface area contributed by atoms with Crippen LogP contribution in [-0.4, -0.2) is 148 Å². The fraction of sp³-hybridized carbons (Fsp3) is 0.580. The summed E-state index contributed by atoms with van der Waals surface area (Å²) in [7, 11) is 5.02. The average molecular weight is 953 g/mol. The van der Waals surface area contributed by atoms with Crippen molar-refractivity contribution in [3.8, 4) is 22.5 Å². The highest BCUT2D eigenvalue weighted by Gasteiger charge is 2.41. The third-order valence-corrected chi connectivity index (χ3v) is 14.9. The van der Waals surface area contributed by atoms with Crippen molar-refractivity contribution in [1.29, 1.82) is 0 Å². The second-order valence-electron chi connectivity index (χ2n) is 20.0. The van der Waals surface area contributed by atoms with Crippen LogP contribution in [0.15, 0.2) is 41.9 Å². The minimum atomic E-state index is -1.09. The lowest BCUT2D eigenvalue weighted by molar-refractivity contribution is -0.155. The number of carbonyl (C=O) groups excluding carboxylic acids is 5. The van der Waals surface area contributed by atoms with Crippen molar-refractivity contribution in [2.75, 3.05) is 54.0 Å². The van der Waals surface area contributed by atoms with Gasteiger partial charge in [-0.3, -0.25) is 29.2 Å². The Balaban J connectivity index is 1.13. The van der Waals surface area contributed by atoms with E-state index < -0.39 is 41.3 Å². The number of fused-ring (bicyclic) bond motifs is 6. The first-order chi connectivity index (χ1) is 32.5. The predicted octanol–water partition coefficient (Wildman–Crippen LogP) is 5.17. The van der Waals surface area contributed by atoms with Crippen LogP contribution in [0.2, 0.25) is 0 Å². The molecule has 0 aliphatic carbocycles. The van der Waals surface area contributed by atoms with Gasteiger partial charge in [-0.05, 0) is 81.7 Å². The number of aryl methyl sites for hydroxylation is 1. The number of hydrazine groups is 1. The van der Waals surface area contributed by atoms with Crippen LogP contribution in [0.3, 0.4) is 0 Å². The number of piperidine rings is 1. The second-order valence-corrected chi connectivity index (χ2v) is 20.9. The molecule has 4 aliphatic rings. The Morgan fingerprint density at radius 3 is 2.57 bits per heavy atom. The van der Waals surface area contributed by atoms with E-state index in [2.05, 4.69) is 65.7 Å². The number of cyclic esters (lactones) is 1. The van der Waals surface area contributed by atoms with Crippen LogP contribution >= 0.6 is 11.3 Å². The molecular weight excluding hydrogens is 885 g/mol. The normalized spacial score (nSPS) is 22.9. The molecule has 3 aromatic heterocycles. The molecule has 5 amide bonds. The molecule has 4 aromatic rings. The first kappa shape index (κ1) is 49.0. The van der Waals surface area contributed by atoms with Crippen molar-refractivity contribution in [1.82, 2.24) is 50.3 Å². The topological polar surface area (TPSA) is 193 Å². The summed E-state index contributed by atoms with van der Waals surface area (Å²) in [5.74, 6) is -1.63. The molecule has 6 bridgehead atoms. The van der Waals surface area contributed by atoms with Crippen LogP contribution < -0.4 is 16.1 Å². The van der Waals surface area contributed by atoms with Crippen LogP contribution in [0, 0.1) is 11.3 Å². The largest absolute Gasteiger partial charge is 0.464 e. The number of likely N-dealkylation sites (tertiary alicyclic amines) is 1. The maximum Gasteiger partial charge on any atom is 0.324 e. The van der Waals surface area contributed by atoms with Gasteiger partial charge in [0.1, 0.15) is 18.1 Å². The Labute approximate surface area is 403 Å². The van der Waals surface area contributed by atoms with E-state index in [0.717, 1.165) is 57.5 Å². The number of amides is 5. The molecule has 366 valence electrons. The summed E-state index contributed by atoms with van der Waals surface area (Å²) in [6.07, 6.45) is 4.70. The van der Waals surface area contributed by atoms with Gasteiger partial charge >= 0.3 is 12.0 Å². The van der Waals surface area contributed by atoms with E-state index >= 15 is 0 Å². The van der Waals surface area contributed by atoms with E-state index in [1.54, 1.807) is 32.3 Å². The van der Waals surface area contributed by atoms with Crippen LogP contribution in [0.1, 0.15) is 89.6 Å². The zero-order valence-electron chi connectivity index (χ0n) is 41.0. The maximum atomic E-state index is 14.7. The Bertz CT molecular complexity index is 2540. The molecule has 0 saturated carbocycles. The Hall–Kier alpha value is -5.43. The molecule has 3 N–H and O–H groups in total. The lowest BCUT2D eigenvalue weighted by Gasteiger charge is -2.41. The van der Waals surface area contributed by atoms with Crippen molar-refractivity contribution < 1.29 is 33.4 Å². The number of aromatic nitrogens is 3. The number of pyridine rings is 1. The van der Waals surface area contributed by atoms with E-state index in [1.165, 1.54) is 21.2 Å². The molecular formula is C50H68N10O7S. The highest BCUT2D eigenvalue weighted by atomic mass is 32.1. The summed E-state index contributed by atoms with van der Waals surface area (Å²) < 4.78 is 14.3. The van der Waals surface area contributed by atoms with Gasteiger partial charge in [0.2, 0.25) is 11.8 Å². The molecule has 3 saturated heterocycles. The number of benzene rings is 1. The van der Waals surface area contributed by atoms with Crippen molar-refractivity contribution in [2.45, 2.75) is 123 Å². The fourth-order valence-corrected chi connectivity index (χ4v) is 11.0. The fourth-order valence-electron chi connectivity index (χ4n) is 10.2. The third-order valence-electron chi connectivity index (χ3n) is 14.0. The zero-order valence-corrected chi connectivity index (χ0v) is 41.8. The van der Waals surface area contributed by atoms with Gasteiger partial charge in [0, 0.05) is 99.4 Å². The standard InChI is InChI=1S/C50H68N10O7S/c1-10-59-40-18-17-31-22-34(40)35(44(59)33-15-11-19-51-42(33)30(4)66-9)24-50(5,6)28-67-48(64)36-16-13-21-60(55-36)47(63)37(23-41-53-39(31)27-68-41)54-45(61)43(29(2)3)57(8)49(65)56(7)32-14-12-20-58(26-32)46(62)38-25-52-38/h11,15,17-19,22,27,29-30,32,36-38,43,52,55H,10,12-14,16,20-21,23-26,28H2,1-9H3,(H,54,61)/t30-,32-,36-,37-,38+,43-/m0/s1. The number of ether oxygens (including phenoxy) is 2. The number of esters is 1. The monoisotopic (exact) mass is 952 g/mol. The molecule has 0 spiro atoms. The number of likely N-dealkylation sites (N-methyl/N-ethyl adjacent to an activating group) is 2.